The van der Waals surface area contributed by atoms with Gasteiger partial charge in [-0.05, 0) is 56.4 Å². The Bertz CT molecular complexity index is 834. The first-order valence-corrected chi connectivity index (χ1v) is 10.5. The fourth-order valence-electron chi connectivity index (χ4n) is 1.67. The van der Waals surface area contributed by atoms with Crippen LogP contribution in [0.3, 0.4) is 0 Å². The Balaban J connectivity index is 1.95. The first-order valence-electron chi connectivity index (χ1n) is 7.25. The summed E-state index contributed by atoms with van der Waals surface area (Å²) in [5.74, 6) is -0.241. The number of carbonyl (C=O) groups excluding carboxylic acids is 1. The Morgan fingerprint density at radius 2 is 1.88 bits per heavy atom. The summed E-state index contributed by atoms with van der Waals surface area (Å²) in [4.78, 5) is 12.2. The smallest absolute Gasteiger partial charge is 0.295 e. The molecule has 1 aromatic carbocycles. The lowest BCUT2D eigenvalue weighted by molar-refractivity contribution is -0.115. The van der Waals surface area contributed by atoms with E-state index in [1.807, 2.05) is 13.8 Å². The number of amides is 1. The molecule has 1 heterocycles. The average molecular weight is 403 g/mol. The molecule has 0 spiro atoms. The maximum absolute atomic E-state index is 12.2. The Hall–Kier alpha value is -1.69. The van der Waals surface area contributed by atoms with Gasteiger partial charge >= 0.3 is 0 Å². The molecular formula is C14H18N4O4S3. The van der Waals surface area contributed by atoms with E-state index in [1.165, 1.54) is 47.4 Å². The maximum atomic E-state index is 12.2. The van der Waals surface area contributed by atoms with Crippen molar-refractivity contribution in [2.24, 2.45) is 5.14 Å². The number of anilines is 1. The number of nitrogens with two attached hydrogens (primary N) is 1. The van der Waals surface area contributed by atoms with E-state index >= 15 is 0 Å². The number of carbonyl (C=O) groups is 1. The van der Waals surface area contributed by atoms with Crippen molar-refractivity contribution in [2.45, 2.75) is 41.4 Å². The van der Waals surface area contributed by atoms with Crippen LogP contribution in [-0.4, -0.2) is 35.9 Å². The van der Waals surface area contributed by atoms with E-state index in [4.69, 9.17) is 9.88 Å². The highest BCUT2D eigenvalue weighted by molar-refractivity contribution is 8.02. The van der Waals surface area contributed by atoms with Crippen LogP contribution in [0, 0.1) is 0 Å². The van der Waals surface area contributed by atoms with E-state index in [1.54, 1.807) is 6.92 Å². The van der Waals surface area contributed by atoms with Crippen molar-refractivity contribution in [1.29, 1.82) is 0 Å². The van der Waals surface area contributed by atoms with Crippen molar-refractivity contribution in [3.63, 3.8) is 0 Å². The molecule has 0 saturated carbocycles. The molecule has 0 aliphatic rings. The van der Waals surface area contributed by atoms with Gasteiger partial charge in [-0.3, -0.25) is 4.79 Å². The van der Waals surface area contributed by atoms with Gasteiger partial charge in [0.1, 0.15) is 0 Å². The van der Waals surface area contributed by atoms with Gasteiger partial charge in [-0.15, -0.1) is 5.10 Å². The summed E-state index contributed by atoms with van der Waals surface area (Å²) in [6.07, 6.45) is 0.00632. The zero-order chi connectivity index (χ0) is 18.6. The largest absolute Gasteiger partial charge is 0.466 e. The highest BCUT2D eigenvalue weighted by Crippen LogP contribution is 2.31. The standard InChI is InChI=1S/C14H18N4O4S3/c1-8(2)22-13-17-18-14(24-13)23-9(3)12(19)16-10-4-6-11(7-5-10)25(15,20)21/h4-9H,1-3H3,(H,16,19)(H2,15,20,21). The molecule has 1 atom stereocenters. The van der Waals surface area contributed by atoms with E-state index in [-0.39, 0.29) is 16.9 Å². The van der Waals surface area contributed by atoms with Crippen molar-refractivity contribution < 1.29 is 17.9 Å². The highest BCUT2D eigenvalue weighted by atomic mass is 32.2. The van der Waals surface area contributed by atoms with Crippen molar-refractivity contribution in [2.75, 3.05) is 5.32 Å². The fraction of sp³-hybridized carbons (Fsp3) is 0.357. The number of primary sulfonamides is 1. The second-order valence-corrected chi connectivity index (χ2v) is 9.41. The van der Waals surface area contributed by atoms with Crippen molar-refractivity contribution >= 4 is 44.7 Å². The van der Waals surface area contributed by atoms with Gasteiger partial charge in [-0.25, -0.2) is 13.6 Å². The van der Waals surface area contributed by atoms with Crippen LogP contribution in [0.2, 0.25) is 0 Å². The topological polar surface area (TPSA) is 124 Å². The van der Waals surface area contributed by atoms with Gasteiger partial charge in [0.15, 0.2) is 4.34 Å². The molecule has 0 aliphatic carbocycles. The van der Waals surface area contributed by atoms with Crippen LogP contribution in [0.25, 0.3) is 0 Å². The molecule has 2 rings (SSSR count). The number of aromatic nitrogens is 2. The third-order valence-corrected chi connectivity index (χ3v) is 5.75. The van der Waals surface area contributed by atoms with Crippen LogP contribution < -0.4 is 15.2 Å². The summed E-state index contributed by atoms with van der Waals surface area (Å²) in [6, 6.07) is 5.63. The predicted octanol–water partition coefficient (Wildman–Crippen LogP) is 2.09. The first-order chi connectivity index (χ1) is 11.6. The minimum atomic E-state index is -3.75. The van der Waals surface area contributed by atoms with Gasteiger partial charge in [0, 0.05) is 5.69 Å². The number of ether oxygens (including phenoxy) is 1. The minimum absolute atomic E-state index is 0.00632. The predicted molar refractivity (Wildman–Crippen MR) is 97.4 cm³/mol. The normalized spacial score (nSPS) is 12.8. The van der Waals surface area contributed by atoms with Crippen LogP contribution in [0.4, 0.5) is 5.69 Å². The van der Waals surface area contributed by atoms with E-state index in [0.717, 1.165) is 0 Å². The van der Waals surface area contributed by atoms with E-state index in [0.29, 0.717) is 15.2 Å². The molecule has 0 radical (unpaired) electrons. The van der Waals surface area contributed by atoms with Gasteiger partial charge in [-0.1, -0.05) is 16.9 Å². The molecule has 0 aliphatic heterocycles. The summed E-state index contributed by atoms with van der Waals surface area (Å²) < 4.78 is 28.5. The number of sulfonamides is 1. The van der Waals surface area contributed by atoms with Gasteiger partial charge in [0.2, 0.25) is 15.9 Å². The molecule has 8 nitrogen and oxygen atoms in total. The Kier molecular flexibility index (Phi) is 6.38. The van der Waals surface area contributed by atoms with Crippen LogP contribution >= 0.6 is 23.1 Å². The second kappa shape index (κ2) is 8.13. The molecule has 0 saturated heterocycles. The van der Waals surface area contributed by atoms with E-state index < -0.39 is 15.3 Å². The molecule has 25 heavy (non-hydrogen) atoms. The average Bonchev–Trinajstić information content (AvgIpc) is 2.93. The zero-order valence-electron chi connectivity index (χ0n) is 13.8. The van der Waals surface area contributed by atoms with E-state index in [9.17, 15) is 13.2 Å². The molecule has 2 aromatic rings. The second-order valence-electron chi connectivity index (χ2n) is 5.32. The van der Waals surface area contributed by atoms with Crippen LogP contribution in [0.5, 0.6) is 5.19 Å². The Morgan fingerprint density at radius 1 is 1.24 bits per heavy atom. The Labute approximate surface area is 154 Å². The van der Waals surface area contributed by atoms with Crippen molar-refractivity contribution in [3.05, 3.63) is 24.3 Å². The maximum Gasteiger partial charge on any atom is 0.295 e. The number of hydrogen-bond acceptors (Lipinski definition) is 8. The Morgan fingerprint density at radius 3 is 2.44 bits per heavy atom. The monoisotopic (exact) mass is 402 g/mol. The molecule has 3 N–H and O–H groups in total. The molecule has 11 heteroatoms. The minimum Gasteiger partial charge on any atom is -0.466 e. The summed E-state index contributed by atoms with van der Waals surface area (Å²) in [6.45, 7) is 5.53. The lowest BCUT2D eigenvalue weighted by atomic mass is 10.3. The third-order valence-electron chi connectivity index (χ3n) is 2.82. The number of nitrogens with one attached hydrogen (secondary N) is 1. The van der Waals surface area contributed by atoms with Crippen molar-refractivity contribution in [1.82, 2.24) is 10.2 Å². The molecule has 1 unspecified atom stereocenters. The zero-order valence-corrected chi connectivity index (χ0v) is 16.2. The molecule has 1 aromatic heterocycles. The van der Waals surface area contributed by atoms with E-state index in [2.05, 4.69) is 15.5 Å². The van der Waals surface area contributed by atoms with Gasteiger partial charge < -0.3 is 10.1 Å². The summed E-state index contributed by atoms with van der Waals surface area (Å²) in [5.41, 5.74) is 0.478. The molecule has 1 amide bonds. The van der Waals surface area contributed by atoms with Crippen molar-refractivity contribution in [3.8, 4) is 5.19 Å². The quantitative estimate of drug-likeness (QED) is 0.679. The number of nitrogens with zero attached hydrogens (tertiary/aromatic N) is 2. The number of rotatable bonds is 7. The SMILES string of the molecule is CC(C)Oc1nnc(SC(C)C(=O)Nc2ccc(S(N)(=O)=O)cc2)s1. The summed E-state index contributed by atoms with van der Waals surface area (Å²) >= 11 is 2.54. The lowest BCUT2D eigenvalue weighted by Crippen LogP contribution is -2.22. The lowest BCUT2D eigenvalue weighted by Gasteiger charge is -2.10. The highest BCUT2D eigenvalue weighted by Gasteiger charge is 2.18. The number of hydrogen-bond donors (Lipinski definition) is 2. The van der Waals surface area contributed by atoms with Crippen LogP contribution in [-0.2, 0) is 14.8 Å². The molecule has 0 fully saturated rings. The fourth-order valence-corrected chi connectivity index (χ4v) is 4.14. The first kappa shape index (κ1) is 19.6. The molecule has 136 valence electrons. The number of thioether (sulfide) groups is 1. The van der Waals surface area contributed by atoms with Crippen LogP contribution in [0.1, 0.15) is 20.8 Å². The number of benzene rings is 1. The molecular weight excluding hydrogens is 384 g/mol. The molecule has 0 bridgehead atoms. The van der Waals surface area contributed by atoms with Crippen LogP contribution in [0.15, 0.2) is 33.5 Å². The third kappa shape index (κ3) is 5.96. The summed E-state index contributed by atoms with van der Waals surface area (Å²) in [5, 5.41) is 15.7. The summed E-state index contributed by atoms with van der Waals surface area (Å²) in [7, 11) is -3.75. The van der Waals surface area contributed by atoms with Gasteiger partial charge in [0.05, 0.1) is 16.2 Å². The van der Waals surface area contributed by atoms with Gasteiger partial charge in [0.25, 0.3) is 5.19 Å². The van der Waals surface area contributed by atoms with Gasteiger partial charge in [-0.2, -0.15) is 0 Å².